The van der Waals surface area contributed by atoms with E-state index in [2.05, 4.69) is 29.6 Å². The van der Waals surface area contributed by atoms with Crippen molar-refractivity contribution < 1.29 is 9.59 Å². The quantitative estimate of drug-likeness (QED) is 0.620. The fourth-order valence-electron chi connectivity index (χ4n) is 3.23. The number of anilines is 1. The zero-order valence-electron chi connectivity index (χ0n) is 16.3. The van der Waals surface area contributed by atoms with Gasteiger partial charge in [0.1, 0.15) is 0 Å². The van der Waals surface area contributed by atoms with Crippen LogP contribution in [0.25, 0.3) is 10.9 Å². The summed E-state index contributed by atoms with van der Waals surface area (Å²) in [5.41, 5.74) is 7.64. The summed E-state index contributed by atoms with van der Waals surface area (Å²) in [5, 5.41) is 1.14. The summed E-state index contributed by atoms with van der Waals surface area (Å²) in [7, 11) is 0. The molecule has 2 amide bonds. The van der Waals surface area contributed by atoms with Gasteiger partial charge in [0.25, 0.3) is 5.91 Å². The van der Waals surface area contributed by atoms with Crippen molar-refractivity contribution in [2.24, 2.45) is 0 Å². The lowest BCUT2D eigenvalue weighted by Gasteiger charge is -2.21. The van der Waals surface area contributed by atoms with Crippen molar-refractivity contribution in [3.05, 3.63) is 66.4 Å². The highest BCUT2D eigenvalue weighted by Crippen LogP contribution is 2.16. The second-order valence-corrected chi connectivity index (χ2v) is 6.54. The Morgan fingerprint density at radius 3 is 2.36 bits per heavy atom. The minimum atomic E-state index is -0.328. The molecule has 28 heavy (non-hydrogen) atoms. The smallest absolute Gasteiger partial charge is 0.269 e. The van der Waals surface area contributed by atoms with Crippen LogP contribution in [0.15, 0.2) is 60.8 Å². The van der Waals surface area contributed by atoms with E-state index in [1.165, 1.54) is 0 Å². The van der Waals surface area contributed by atoms with Gasteiger partial charge in [-0.05, 0) is 55.6 Å². The third kappa shape index (κ3) is 4.52. The highest BCUT2D eigenvalue weighted by molar-refractivity contribution is 5.95. The van der Waals surface area contributed by atoms with Crippen LogP contribution in [0.5, 0.6) is 0 Å². The van der Waals surface area contributed by atoms with E-state index in [9.17, 15) is 9.59 Å². The number of benzene rings is 2. The number of aromatic nitrogens is 1. The number of hydrogen-bond donors (Lipinski definition) is 2. The number of carbonyl (C=O) groups excluding carboxylic acids is 2. The molecule has 2 N–H and O–H groups in total. The minimum Gasteiger partial charge on any atom is -0.372 e. The van der Waals surface area contributed by atoms with Crippen LogP contribution in [-0.2, 0) is 11.3 Å². The largest absolute Gasteiger partial charge is 0.372 e. The van der Waals surface area contributed by atoms with E-state index >= 15 is 0 Å². The molecule has 0 saturated carbocycles. The van der Waals surface area contributed by atoms with E-state index in [0.717, 1.165) is 29.7 Å². The van der Waals surface area contributed by atoms with Crippen LogP contribution in [0, 0.1) is 0 Å². The van der Waals surface area contributed by atoms with Gasteiger partial charge in [-0.3, -0.25) is 20.4 Å². The summed E-state index contributed by atoms with van der Waals surface area (Å²) in [6, 6.07) is 17.4. The molecule has 0 atom stereocenters. The average Bonchev–Trinajstić information content (AvgIpc) is 3.15. The molecule has 3 rings (SSSR count). The van der Waals surface area contributed by atoms with Gasteiger partial charge in [-0.15, -0.1) is 0 Å². The second-order valence-electron chi connectivity index (χ2n) is 6.54. The average molecular weight is 378 g/mol. The first kappa shape index (κ1) is 19.5. The molecule has 0 saturated heterocycles. The molecule has 0 aliphatic heterocycles. The first-order valence-electron chi connectivity index (χ1n) is 9.60. The number of rotatable bonds is 7. The Kier molecular flexibility index (Phi) is 6.32. The molecule has 1 aromatic heterocycles. The number of carbonyl (C=O) groups is 2. The van der Waals surface area contributed by atoms with Gasteiger partial charge < -0.3 is 9.47 Å². The normalized spacial score (nSPS) is 10.6. The SMILES string of the molecule is CCN(CC)c1ccc(C(=O)NNC(=O)CCn2ccc3ccccc32)cc1. The van der Waals surface area contributed by atoms with Gasteiger partial charge in [-0.2, -0.15) is 0 Å². The molecule has 1 heterocycles. The van der Waals surface area contributed by atoms with Gasteiger partial charge in [-0.25, -0.2) is 0 Å². The molecule has 6 nitrogen and oxygen atoms in total. The summed E-state index contributed by atoms with van der Waals surface area (Å²) in [5.74, 6) is -0.559. The summed E-state index contributed by atoms with van der Waals surface area (Å²) < 4.78 is 2.03. The van der Waals surface area contributed by atoms with Crippen LogP contribution in [0.3, 0.4) is 0 Å². The number of nitrogens with one attached hydrogen (secondary N) is 2. The predicted molar refractivity (Wildman–Crippen MR) is 112 cm³/mol. The number of hydrazine groups is 1. The van der Waals surface area contributed by atoms with Gasteiger partial charge in [0, 0.05) is 49.0 Å². The van der Waals surface area contributed by atoms with Gasteiger partial charge in [0.15, 0.2) is 0 Å². The van der Waals surface area contributed by atoms with E-state index in [0.29, 0.717) is 12.1 Å². The molecular weight excluding hydrogens is 352 g/mol. The first-order valence-corrected chi connectivity index (χ1v) is 9.60. The molecule has 0 aliphatic carbocycles. The third-order valence-corrected chi connectivity index (χ3v) is 4.83. The molecule has 0 radical (unpaired) electrons. The third-order valence-electron chi connectivity index (χ3n) is 4.83. The lowest BCUT2D eigenvalue weighted by atomic mass is 10.2. The fourth-order valence-corrected chi connectivity index (χ4v) is 3.23. The van der Waals surface area contributed by atoms with Crippen LogP contribution < -0.4 is 15.8 Å². The molecule has 6 heteroatoms. The van der Waals surface area contributed by atoms with E-state index in [-0.39, 0.29) is 18.2 Å². The number of aryl methyl sites for hydroxylation is 1. The van der Waals surface area contributed by atoms with E-state index in [1.54, 1.807) is 12.1 Å². The van der Waals surface area contributed by atoms with Crippen LogP contribution >= 0.6 is 0 Å². The molecule has 0 unspecified atom stereocenters. The Balaban J connectivity index is 1.49. The van der Waals surface area contributed by atoms with Gasteiger partial charge in [0.05, 0.1) is 0 Å². The molecule has 146 valence electrons. The van der Waals surface area contributed by atoms with Gasteiger partial charge >= 0.3 is 0 Å². The molecule has 0 bridgehead atoms. The maximum absolute atomic E-state index is 12.2. The van der Waals surface area contributed by atoms with Crippen molar-refractivity contribution >= 4 is 28.4 Å². The molecule has 2 aromatic carbocycles. The Labute approximate surface area is 165 Å². The Morgan fingerprint density at radius 2 is 1.64 bits per heavy atom. The summed E-state index contributed by atoms with van der Waals surface area (Å²) >= 11 is 0. The lowest BCUT2D eigenvalue weighted by molar-refractivity contribution is -0.122. The Morgan fingerprint density at radius 1 is 0.929 bits per heavy atom. The highest BCUT2D eigenvalue weighted by atomic mass is 16.2. The number of nitrogens with zero attached hydrogens (tertiary/aromatic N) is 2. The number of hydrogen-bond acceptors (Lipinski definition) is 3. The van der Waals surface area contributed by atoms with Crippen LogP contribution in [0.4, 0.5) is 5.69 Å². The maximum Gasteiger partial charge on any atom is 0.269 e. The van der Waals surface area contributed by atoms with Gasteiger partial charge in [0.2, 0.25) is 5.91 Å². The molecule has 3 aromatic rings. The van der Waals surface area contributed by atoms with Crippen LogP contribution in [0.2, 0.25) is 0 Å². The number of para-hydroxylation sites is 1. The highest BCUT2D eigenvalue weighted by Gasteiger charge is 2.09. The van der Waals surface area contributed by atoms with E-state index in [4.69, 9.17) is 0 Å². The standard InChI is InChI=1S/C22H26N4O2/c1-3-25(4-2)19-11-9-18(10-12-19)22(28)24-23-21(27)14-16-26-15-13-17-7-5-6-8-20(17)26/h5-13,15H,3-4,14,16H2,1-2H3,(H,23,27)(H,24,28). The van der Waals surface area contributed by atoms with Crippen molar-refractivity contribution in [2.75, 3.05) is 18.0 Å². The van der Waals surface area contributed by atoms with Crippen molar-refractivity contribution in [1.29, 1.82) is 0 Å². The van der Waals surface area contributed by atoms with Crippen molar-refractivity contribution in [1.82, 2.24) is 15.4 Å². The van der Waals surface area contributed by atoms with Crippen LogP contribution in [0.1, 0.15) is 30.6 Å². The van der Waals surface area contributed by atoms with Gasteiger partial charge in [-0.1, -0.05) is 18.2 Å². The molecule has 0 fully saturated rings. The Hall–Kier alpha value is -3.28. The monoisotopic (exact) mass is 378 g/mol. The fraction of sp³-hybridized carbons (Fsp3) is 0.273. The summed E-state index contributed by atoms with van der Waals surface area (Å²) in [6.45, 7) is 6.56. The lowest BCUT2D eigenvalue weighted by Crippen LogP contribution is -2.41. The zero-order chi connectivity index (χ0) is 19.9. The minimum absolute atomic E-state index is 0.231. The topological polar surface area (TPSA) is 66.4 Å². The van der Waals surface area contributed by atoms with E-state index in [1.807, 2.05) is 53.2 Å². The predicted octanol–water partition coefficient (Wildman–Crippen LogP) is 3.34. The number of fused-ring (bicyclic) bond motifs is 1. The first-order chi connectivity index (χ1) is 13.6. The Bertz CT molecular complexity index is 943. The van der Waals surface area contributed by atoms with Crippen LogP contribution in [-0.4, -0.2) is 29.5 Å². The molecular formula is C22H26N4O2. The second kappa shape index (κ2) is 9.08. The van der Waals surface area contributed by atoms with Crippen molar-refractivity contribution in [3.63, 3.8) is 0 Å². The maximum atomic E-state index is 12.2. The summed E-state index contributed by atoms with van der Waals surface area (Å²) in [6.07, 6.45) is 2.24. The van der Waals surface area contributed by atoms with E-state index < -0.39 is 0 Å². The zero-order valence-corrected chi connectivity index (χ0v) is 16.3. The van der Waals surface area contributed by atoms with Crippen molar-refractivity contribution in [2.45, 2.75) is 26.8 Å². The summed E-state index contributed by atoms with van der Waals surface area (Å²) in [4.78, 5) is 26.5. The molecule has 0 aliphatic rings. The molecule has 0 spiro atoms. The van der Waals surface area contributed by atoms with Crippen molar-refractivity contribution in [3.8, 4) is 0 Å². The number of amides is 2.